The van der Waals surface area contributed by atoms with Crippen LogP contribution in [0.15, 0.2) is 48.5 Å². The third-order valence-electron chi connectivity index (χ3n) is 3.24. The molecule has 0 spiro atoms. The summed E-state index contributed by atoms with van der Waals surface area (Å²) >= 11 is 5.94. The highest BCUT2D eigenvalue weighted by Crippen LogP contribution is 2.13. The number of Topliss-reactive ketones (excluding diaryl/α,β-unsaturated/α-hetero) is 1. The van der Waals surface area contributed by atoms with Gasteiger partial charge >= 0.3 is 0 Å². The van der Waals surface area contributed by atoms with Gasteiger partial charge in [0.15, 0.2) is 5.78 Å². The summed E-state index contributed by atoms with van der Waals surface area (Å²) in [4.78, 5) is 14.0. The first-order valence-corrected chi connectivity index (χ1v) is 7.15. The zero-order chi connectivity index (χ0) is 15.2. The highest BCUT2D eigenvalue weighted by Gasteiger charge is 2.11. The van der Waals surface area contributed by atoms with Gasteiger partial charge in [0.25, 0.3) is 0 Å². The van der Waals surface area contributed by atoms with Gasteiger partial charge in [0, 0.05) is 24.5 Å². The van der Waals surface area contributed by atoms with Crippen LogP contribution in [0, 0.1) is 5.82 Å². The molecular weight excluding hydrogens is 289 g/mol. The van der Waals surface area contributed by atoms with E-state index in [4.69, 9.17) is 11.6 Å². The van der Waals surface area contributed by atoms with E-state index < -0.39 is 5.82 Å². The van der Waals surface area contributed by atoms with Crippen LogP contribution in [0.25, 0.3) is 0 Å². The maximum Gasteiger partial charge on any atom is 0.167 e. The zero-order valence-electron chi connectivity index (χ0n) is 11.9. The van der Waals surface area contributed by atoms with Crippen LogP contribution in [-0.2, 0) is 6.54 Å². The molecule has 0 aliphatic rings. The summed E-state index contributed by atoms with van der Waals surface area (Å²) in [7, 11) is 1.93. The molecule has 0 bridgehead atoms. The maximum atomic E-state index is 13.5. The van der Waals surface area contributed by atoms with Crippen molar-refractivity contribution >= 4 is 17.4 Å². The second kappa shape index (κ2) is 7.34. The Morgan fingerprint density at radius 2 is 1.95 bits per heavy atom. The Bertz CT molecular complexity index is 630. The lowest BCUT2D eigenvalue weighted by molar-refractivity contribution is 0.0964. The summed E-state index contributed by atoms with van der Waals surface area (Å²) in [5.74, 6) is -0.633. The van der Waals surface area contributed by atoms with Gasteiger partial charge < -0.3 is 4.90 Å². The van der Waals surface area contributed by atoms with E-state index in [9.17, 15) is 9.18 Å². The number of halogens is 2. The molecule has 0 atom stereocenters. The third kappa shape index (κ3) is 4.66. The molecule has 0 amide bonds. The standard InChI is InChI=1S/C17H17ClFNO/c1-20(12-13-5-4-6-14(18)11-13)10-9-17(21)15-7-2-3-8-16(15)19/h2-8,11H,9-10,12H2,1H3. The molecule has 2 aromatic rings. The van der Waals surface area contributed by atoms with Crippen molar-refractivity contribution in [2.75, 3.05) is 13.6 Å². The zero-order valence-corrected chi connectivity index (χ0v) is 12.6. The van der Waals surface area contributed by atoms with Crippen LogP contribution >= 0.6 is 11.6 Å². The van der Waals surface area contributed by atoms with Gasteiger partial charge in [-0.1, -0.05) is 35.9 Å². The Hall–Kier alpha value is -1.71. The minimum atomic E-state index is -0.458. The first-order chi connectivity index (χ1) is 10.1. The Morgan fingerprint density at radius 1 is 1.19 bits per heavy atom. The summed E-state index contributed by atoms with van der Waals surface area (Å²) in [6.07, 6.45) is 0.290. The lowest BCUT2D eigenvalue weighted by Crippen LogP contribution is -2.21. The summed E-state index contributed by atoms with van der Waals surface area (Å²) in [6, 6.07) is 13.7. The van der Waals surface area contributed by atoms with Crippen LogP contribution in [0.1, 0.15) is 22.3 Å². The number of nitrogens with zero attached hydrogens (tertiary/aromatic N) is 1. The highest BCUT2D eigenvalue weighted by atomic mass is 35.5. The number of rotatable bonds is 6. The van der Waals surface area contributed by atoms with Gasteiger partial charge in [0.1, 0.15) is 5.82 Å². The summed E-state index contributed by atoms with van der Waals surface area (Å²) < 4.78 is 13.5. The molecule has 0 aromatic heterocycles. The summed E-state index contributed by atoms with van der Waals surface area (Å²) in [6.45, 7) is 1.27. The van der Waals surface area contributed by atoms with Crippen molar-refractivity contribution in [3.8, 4) is 0 Å². The molecule has 0 saturated carbocycles. The molecule has 0 unspecified atom stereocenters. The second-order valence-electron chi connectivity index (χ2n) is 5.02. The minimum Gasteiger partial charge on any atom is -0.302 e. The fraction of sp³-hybridized carbons (Fsp3) is 0.235. The fourth-order valence-corrected chi connectivity index (χ4v) is 2.35. The molecule has 0 N–H and O–H groups in total. The monoisotopic (exact) mass is 305 g/mol. The first kappa shape index (κ1) is 15.7. The molecule has 4 heteroatoms. The van der Waals surface area contributed by atoms with E-state index in [1.165, 1.54) is 12.1 Å². The summed E-state index contributed by atoms with van der Waals surface area (Å²) in [5, 5.41) is 0.698. The number of carbonyl (C=O) groups is 1. The van der Waals surface area contributed by atoms with Gasteiger partial charge in [-0.25, -0.2) is 4.39 Å². The third-order valence-corrected chi connectivity index (χ3v) is 3.47. The largest absolute Gasteiger partial charge is 0.302 e. The number of carbonyl (C=O) groups excluding carboxylic acids is 1. The predicted octanol–water partition coefficient (Wildman–Crippen LogP) is 4.18. The lowest BCUT2D eigenvalue weighted by atomic mass is 10.1. The normalized spacial score (nSPS) is 10.9. The second-order valence-corrected chi connectivity index (χ2v) is 5.46. The van der Waals surface area contributed by atoms with Crippen LogP contribution in [0.2, 0.25) is 5.02 Å². The number of benzene rings is 2. The minimum absolute atomic E-state index is 0.161. The lowest BCUT2D eigenvalue weighted by Gasteiger charge is -2.16. The SMILES string of the molecule is CN(CCC(=O)c1ccccc1F)Cc1cccc(Cl)c1. The van der Waals surface area contributed by atoms with E-state index in [-0.39, 0.29) is 17.8 Å². The van der Waals surface area contributed by atoms with Crippen molar-refractivity contribution in [3.05, 3.63) is 70.5 Å². The molecule has 0 aliphatic carbocycles. The summed E-state index contributed by atoms with van der Waals surface area (Å²) in [5.41, 5.74) is 1.25. The molecule has 2 nitrogen and oxygen atoms in total. The van der Waals surface area contributed by atoms with Crippen molar-refractivity contribution in [2.24, 2.45) is 0 Å². The Kier molecular flexibility index (Phi) is 5.48. The molecule has 0 heterocycles. The van der Waals surface area contributed by atoms with Crippen LogP contribution in [0.4, 0.5) is 4.39 Å². The van der Waals surface area contributed by atoms with Gasteiger partial charge in [0.2, 0.25) is 0 Å². The Labute approximate surface area is 129 Å². The van der Waals surface area contributed by atoms with E-state index in [1.54, 1.807) is 12.1 Å². The molecule has 110 valence electrons. The van der Waals surface area contributed by atoms with E-state index in [0.29, 0.717) is 18.1 Å². The average molecular weight is 306 g/mol. The smallest absolute Gasteiger partial charge is 0.167 e. The van der Waals surface area contributed by atoms with E-state index in [0.717, 1.165) is 5.56 Å². The average Bonchev–Trinajstić information content (AvgIpc) is 2.45. The quantitative estimate of drug-likeness (QED) is 0.746. The molecular formula is C17H17ClFNO. The van der Waals surface area contributed by atoms with Gasteiger partial charge in [-0.3, -0.25) is 4.79 Å². The highest BCUT2D eigenvalue weighted by molar-refractivity contribution is 6.30. The van der Waals surface area contributed by atoms with Crippen molar-refractivity contribution in [3.63, 3.8) is 0 Å². The van der Waals surface area contributed by atoms with E-state index in [2.05, 4.69) is 0 Å². The molecule has 0 aliphatic heterocycles. The van der Waals surface area contributed by atoms with Crippen molar-refractivity contribution in [1.29, 1.82) is 0 Å². The molecule has 21 heavy (non-hydrogen) atoms. The number of hydrogen-bond donors (Lipinski definition) is 0. The maximum absolute atomic E-state index is 13.5. The van der Waals surface area contributed by atoms with Crippen molar-refractivity contribution in [1.82, 2.24) is 4.90 Å². The van der Waals surface area contributed by atoms with Gasteiger partial charge in [-0.05, 0) is 36.9 Å². The molecule has 0 saturated heterocycles. The fourth-order valence-electron chi connectivity index (χ4n) is 2.14. The Morgan fingerprint density at radius 3 is 2.67 bits per heavy atom. The van der Waals surface area contributed by atoms with Crippen LogP contribution in [0.5, 0.6) is 0 Å². The van der Waals surface area contributed by atoms with E-state index in [1.807, 2.05) is 36.2 Å². The van der Waals surface area contributed by atoms with Crippen LogP contribution in [0.3, 0.4) is 0 Å². The van der Waals surface area contributed by atoms with Gasteiger partial charge in [-0.2, -0.15) is 0 Å². The van der Waals surface area contributed by atoms with Crippen LogP contribution < -0.4 is 0 Å². The molecule has 2 rings (SSSR count). The topological polar surface area (TPSA) is 20.3 Å². The van der Waals surface area contributed by atoms with Crippen molar-refractivity contribution in [2.45, 2.75) is 13.0 Å². The predicted molar refractivity (Wildman–Crippen MR) is 83.1 cm³/mol. The van der Waals surface area contributed by atoms with Gasteiger partial charge in [-0.15, -0.1) is 0 Å². The molecule has 2 aromatic carbocycles. The Balaban J connectivity index is 1.88. The number of hydrogen-bond acceptors (Lipinski definition) is 2. The number of ketones is 1. The van der Waals surface area contributed by atoms with Crippen LogP contribution in [-0.4, -0.2) is 24.3 Å². The van der Waals surface area contributed by atoms with Crippen molar-refractivity contribution < 1.29 is 9.18 Å². The first-order valence-electron chi connectivity index (χ1n) is 6.77. The molecule has 0 radical (unpaired) electrons. The van der Waals surface area contributed by atoms with Gasteiger partial charge in [0.05, 0.1) is 5.56 Å². The van der Waals surface area contributed by atoms with E-state index >= 15 is 0 Å². The molecule has 0 fully saturated rings.